The quantitative estimate of drug-likeness (QED) is 0.120. The summed E-state index contributed by atoms with van der Waals surface area (Å²) in [5.41, 5.74) is 14.7. The Labute approximate surface area is 462 Å². The van der Waals surface area contributed by atoms with E-state index < -0.39 is 0 Å². The van der Waals surface area contributed by atoms with Crippen LogP contribution >= 0.6 is 0 Å². The molecule has 1 aliphatic rings. The van der Waals surface area contributed by atoms with Crippen molar-refractivity contribution in [2.24, 2.45) is 20.0 Å². The van der Waals surface area contributed by atoms with Crippen LogP contribution in [0.25, 0.3) is 43.1 Å². The highest BCUT2D eigenvalue weighted by molar-refractivity contribution is 6.08. The number of benzene rings is 8. The van der Waals surface area contributed by atoms with Gasteiger partial charge in [0.05, 0.1) is 21.5 Å². The first-order chi connectivity index (χ1) is 38.5. The van der Waals surface area contributed by atoms with E-state index in [1.54, 1.807) is 0 Å². The Morgan fingerprint density at radius 3 is 0.850 bits per heavy atom. The van der Waals surface area contributed by atoms with Crippen LogP contribution in [0.4, 0.5) is 23.3 Å². The van der Waals surface area contributed by atoms with Gasteiger partial charge in [0.15, 0.2) is 0 Å². The summed E-state index contributed by atoms with van der Waals surface area (Å²) in [6.45, 7) is 25.0. The molecule has 5 heterocycles. The second kappa shape index (κ2) is 19.1. The number of aromatic amines is 4. The molecular weight excluding hydrogens is 993 g/mol. The lowest BCUT2D eigenvalue weighted by atomic mass is 10.1. The first-order valence-electron chi connectivity index (χ1n) is 27.0. The Kier molecular flexibility index (Phi) is 11.9. The molecule has 4 aromatic heterocycles. The smallest absolute Gasteiger partial charge is 0.145 e. The van der Waals surface area contributed by atoms with Crippen LogP contribution in [0.2, 0.25) is 0 Å². The van der Waals surface area contributed by atoms with Gasteiger partial charge in [0.25, 0.3) is 0 Å². The van der Waals surface area contributed by atoms with Gasteiger partial charge in [-0.3, -0.25) is 0 Å². The molecule has 8 bridgehead atoms. The molecule has 0 unspecified atom stereocenters. The van der Waals surface area contributed by atoms with Gasteiger partial charge in [-0.25, -0.2) is 20.0 Å². The van der Waals surface area contributed by atoms with E-state index in [-0.39, 0.29) is 0 Å². The minimum Gasteiger partial charge on any atom is -0.456 e. The third-order valence-corrected chi connectivity index (χ3v) is 15.2. The van der Waals surface area contributed by atoms with Crippen molar-refractivity contribution < 1.29 is 18.9 Å². The molecule has 1 aliphatic heterocycles. The van der Waals surface area contributed by atoms with Crippen LogP contribution in [0, 0.1) is 83.1 Å². The van der Waals surface area contributed by atoms with Gasteiger partial charge in [-0.05, 0) is 152 Å². The van der Waals surface area contributed by atoms with Gasteiger partial charge in [0.2, 0.25) is 0 Å². The molecule has 0 atom stereocenters. The minimum atomic E-state index is 0.444. The number of H-pyrrole nitrogens is 4. The van der Waals surface area contributed by atoms with Gasteiger partial charge < -0.3 is 38.9 Å². The lowest BCUT2D eigenvalue weighted by molar-refractivity contribution is 0.470. The predicted molar refractivity (Wildman–Crippen MR) is 319 cm³/mol. The lowest BCUT2D eigenvalue weighted by Gasteiger charge is -2.17. The van der Waals surface area contributed by atoms with Crippen LogP contribution in [0.1, 0.15) is 66.8 Å². The maximum absolute atomic E-state index is 7.18. The molecule has 8 aromatic carbocycles. The molecule has 12 aromatic rings. The highest BCUT2D eigenvalue weighted by atomic mass is 16.5. The van der Waals surface area contributed by atoms with Gasteiger partial charge in [-0.2, -0.15) is 0 Å². The minimum absolute atomic E-state index is 0.444. The van der Waals surface area contributed by atoms with E-state index in [0.29, 0.717) is 89.8 Å². The van der Waals surface area contributed by atoms with Crippen LogP contribution in [0.3, 0.4) is 0 Å². The fourth-order valence-electron chi connectivity index (χ4n) is 12.1. The standard InChI is InChI=1S/C68H60N8O4/c1-33-25-37(5)57(38(6)26-33)77-49-21-23-51(79-59-41(9)29-35(3)30-42(59)10)55-53(49)65-72-63-47-19-15-13-17-45(47)61(70-63)69-62-46-18-14-16-20-48(46)64(71-62)73-66-54-50(78-58-39(7)27-34(2)28-40(58)8)22-24-52(56(54)68(75-66)76-67(55)74-65)80-60-43(11)31-36(4)32-44(60)12/h13-32H,1-12H3,(H4,69,70,71,72,73,74,75,76). The molecule has 0 radical (unpaired) electrons. The second-order valence-electron chi connectivity index (χ2n) is 21.8. The molecule has 80 heavy (non-hydrogen) atoms. The molecular formula is C68H60N8O4. The summed E-state index contributed by atoms with van der Waals surface area (Å²) in [6, 6.07) is 41.2. The molecule has 4 N–H and O–H groups in total. The number of hydrogen-bond acceptors (Lipinski definition) is 8. The molecule has 0 spiro atoms. The number of rotatable bonds is 8. The number of nitrogens with zero attached hydrogens (tertiary/aromatic N) is 4. The van der Waals surface area contributed by atoms with Crippen LogP contribution in [-0.2, 0) is 0 Å². The van der Waals surface area contributed by atoms with Crippen LogP contribution in [0.5, 0.6) is 46.0 Å². The summed E-state index contributed by atoms with van der Waals surface area (Å²) < 4.78 is 28.7. The van der Waals surface area contributed by atoms with E-state index in [1.807, 2.05) is 48.5 Å². The number of fused-ring (bicyclic) bond motifs is 20. The molecule has 12 heteroatoms. The highest BCUT2D eigenvalue weighted by Crippen LogP contribution is 2.49. The number of aryl methyl sites for hydroxylation is 12. The van der Waals surface area contributed by atoms with Gasteiger partial charge in [0.1, 0.15) is 91.2 Å². The third-order valence-electron chi connectivity index (χ3n) is 15.2. The average molecular weight is 1050 g/mol. The molecule has 0 aliphatic carbocycles. The summed E-state index contributed by atoms with van der Waals surface area (Å²) in [6.07, 6.45) is 0. The monoisotopic (exact) mass is 1050 g/mol. The highest BCUT2D eigenvalue weighted by Gasteiger charge is 2.26. The molecule has 0 amide bonds. The van der Waals surface area contributed by atoms with Crippen molar-refractivity contribution in [2.45, 2.75) is 83.1 Å². The first kappa shape index (κ1) is 49.9. The Morgan fingerprint density at radius 1 is 0.263 bits per heavy atom. The fourth-order valence-corrected chi connectivity index (χ4v) is 12.1. The van der Waals surface area contributed by atoms with Crippen molar-refractivity contribution in [1.82, 2.24) is 19.9 Å². The van der Waals surface area contributed by atoms with E-state index >= 15 is 0 Å². The summed E-state index contributed by atoms with van der Waals surface area (Å²) in [4.78, 5) is 36.9. The summed E-state index contributed by atoms with van der Waals surface area (Å²) >= 11 is 0. The predicted octanol–water partition coefficient (Wildman–Crippen LogP) is 16.6. The van der Waals surface area contributed by atoms with Crippen molar-refractivity contribution >= 4 is 66.4 Å². The topological polar surface area (TPSA) is 150 Å². The van der Waals surface area contributed by atoms with Gasteiger partial charge >= 0.3 is 0 Å². The Balaban J connectivity index is 1.22. The van der Waals surface area contributed by atoms with Crippen LogP contribution < -0.4 is 40.9 Å². The van der Waals surface area contributed by atoms with Crippen molar-refractivity contribution in [3.05, 3.63) is 210 Å². The zero-order chi connectivity index (χ0) is 55.4. The van der Waals surface area contributed by atoms with Crippen molar-refractivity contribution in [3.8, 4) is 46.0 Å². The maximum atomic E-state index is 7.18. The molecule has 0 saturated carbocycles. The molecule has 0 saturated heterocycles. The van der Waals surface area contributed by atoms with Crippen LogP contribution in [-0.4, -0.2) is 19.9 Å². The van der Waals surface area contributed by atoms with E-state index in [4.69, 9.17) is 38.9 Å². The SMILES string of the molecule is Cc1cc(C)c(Oc2ccc(Oc3c(C)cc(C)cc3C)c3c4[nH]c(c23)N=c2[nH]c(c3ccccc23)=Nc2[nH]c(c3ccccc23)N=c2[nH]c(c3c(Oc5c(C)cc(C)cc5C)ccc(Oc5c(C)cc(C)cc5C)c23)=N4)c(C)c1. The van der Waals surface area contributed by atoms with Crippen molar-refractivity contribution in [2.75, 3.05) is 0 Å². The molecule has 396 valence electrons. The van der Waals surface area contributed by atoms with Gasteiger partial charge in [0, 0.05) is 21.5 Å². The average Bonchev–Trinajstić information content (AvgIpc) is 4.34. The summed E-state index contributed by atoms with van der Waals surface area (Å²) in [7, 11) is 0. The Hall–Kier alpha value is -9.68. The molecule has 13 rings (SSSR count). The zero-order valence-electron chi connectivity index (χ0n) is 47.0. The largest absolute Gasteiger partial charge is 0.456 e. The van der Waals surface area contributed by atoms with Gasteiger partial charge in [-0.1, -0.05) is 119 Å². The second-order valence-corrected chi connectivity index (χ2v) is 21.8. The maximum Gasteiger partial charge on any atom is 0.145 e. The molecule has 12 nitrogen and oxygen atoms in total. The number of nitrogens with one attached hydrogen (secondary N) is 4. The van der Waals surface area contributed by atoms with Crippen LogP contribution in [0.15, 0.2) is 141 Å². The third kappa shape index (κ3) is 8.55. The number of aromatic nitrogens is 4. The Morgan fingerprint density at radius 2 is 0.512 bits per heavy atom. The van der Waals surface area contributed by atoms with Gasteiger partial charge in [-0.15, -0.1) is 0 Å². The summed E-state index contributed by atoms with van der Waals surface area (Å²) in [5, 5.41) is 6.11. The number of ether oxygens (including phenoxy) is 4. The van der Waals surface area contributed by atoms with E-state index in [0.717, 1.165) is 111 Å². The Bertz CT molecular complexity index is 4790. The van der Waals surface area contributed by atoms with Crippen molar-refractivity contribution in [3.63, 3.8) is 0 Å². The number of hydrogen-bond donors (Lipinski definition) is 4. The zero-order valence-corrected chi connectivity index (χ0v) is 47.0. The molecule has 0 fully saturated rings. The normalized spacial score (nSPS) is 12.2. The van der Waals surface area contributed by atoms with E-state index in [1.165, 1.54) is 0 Å². The van der Waals surface area contributed by atoms with E-state index in [2.05, 4.69) is 176 Å². The lowest BCUT2D eigenvalue weighted by Crippen LogP contribution is -2.10. The first-order valence-corrected chi connectivity index (χ1v) is 27.0. The van der Waals surface area contributed by atoms with Crippen molar-refractivity contribution in [1.29, 1.82) is 0 Å². The summed E-state index contributed by atoms with van der Waals surface area (Å²) in [5.74, 6) is 7.33. The van der Waals surface area contributed by atoms with E-state index in [9.17, 15) is 0 Å². The fraction of sp³-hybridized carbons (Fsp3) is 0.176.